The standard InChI is InChI=1S/C24H29FN2O4S/c1-2-23(28)26(14-17-6-5-12-30-17)15-24(29)27-11-9-22-18(10-13-32-22)20(27)16-31-21-8-4-3-7-19(21)25/h3-4,7-8,10,13,17,20H,2,5-6,9,11-12,14-16H2,1H3/t17-,20+/m1/s1. The van der Waals surface area contributed by atoms with Crippen molar-refractivity contribution in [1.82, 2.24) is 9.80 Å². The summed E-state index contributed by atoms with van der Waals surface area (Å²) in [4.78, 5) is 30.5. The van der Waals surface area contributed by atoms with E-state index < -0.39 is 5.82 Å². The third-order valence-corrected chi connectivity index (χ3v) is 7.07. The fourth-order valence-corrected chi connectivity index (χ4v) is 5.30. The second-order valence-corrected chi connectivity index (χ2v) is 9.16. The van der Waals surface area contributed by atoms with E-state index in [1.807, 2.05) is 11.4 Å². The summed E-state index contributed by atoms with van der Waals surface area (Å²) in [6.07, 6.45) is 2.98. The number of para-hydroxylation sites is 1. The van der Waals surface area contributed by atoms with E-state index in [1.165, 1.54) is 10.9 Å². The van der Waals surface area contributed by atoms with Gasteiger partial charge in [-0.05, 0) is 48.4 Å². The maximum absolute atomic E-state index is 14.1. The van der Waals surface area contributed by atoms with Crippen molar-refractivity contribution in [2.45, 2.75) is 44.8 Å². The molecule has 172 valence electrons. The number of thiophene rings is 1. The summed E-state index contributed by atoms with van der Waals surface area (Å²) < 4.78 is 25.6. The van der Waals surface area contributed by atoms with Gasteiger partial charge in [0.25, 0.3) is 0 Å². The van der Waals surface area contributed by atoms with Crippen molar-refractivity contribution in [3.05, 3.63) is 52.0 Å². The first-order valence-corrected chi connectivity index (χ1v) is 12.1. The Morgan fingerprint density at radius 1 is 1.31 bits per heavy atom. The number of amides is 2. The Labute approximate surface area is 191 Å². The lowest BCUT2D eigenvalue weighted by Gasteiger charge is -2.37. The Morgan fingerprint density at radius 2 is 2.16 bits per heavy atom. The number of hydrogen-bond acceptors (Lipinski definition) is 5. The summed E-state index contributed by atoms with van der Waals surface area (Å²) in [5.41, 5.74) is 1.04. The molecule has 2 amide bonds. The molecule has 0 unspecified atom stereocenters. The van der Waals surface area contributed by atoms with Gasteiger partial charge in [-0.15, -0.1) is 11.3 Å². The van der Waals surface area contributed by atoms with Gasteiger partial charge in [0.05, 0.1) is 18.7 Å². The van der Waals surface area contributed by atoms with Crippen LogP contribution in [0, 0.1) is 5.82 Å². The zero-order valence-electron chi connectivity index (χ0n) is 18.3. The number of carbonyl (C=O) groups is 2. The molecule has 1 fully saturated rings. The van der Waals surface area contributed by atoms with Gasteiger partial charge in [0.1, 0.15) is 6.61 Å². The molecular weight excluding hydrogens is 431 g/mol. The molecule has 0 N–H and O–H groups in total. The van der Waals surface area contributed by atoms with Gasteiger partial charge in [0, 0.05) is 31.0 Å². The zero-order chi connectivity index (χ0) is 22.5. The van der Waals surface area contributed by atoms with Gasteiger partial charge in [-0.3, -0.25) is 9.59 Å². The van der Waals surface area contributed by atoms with Crippen LogP contribution in [-0.2, 0) is 20.7 Å². The maximum Gasteiger partial charge on any atom is 0.242 e. The molecule has 0 aliphatic carbocycles. The Morgan fingerprint density at radius 3 is 2.91 bits per heavy atom. The fourth-order valence-electron chi connectivity index (χ4n) is 4.37. The SMILES string of the molecule is CCC(=O)N(CC(=O)N1CCc2sccc2[C@@H]1COc1ccccc1F)C[C@H]1CCCO1. The van der Waals surface area contributed by atoms with Crippen LogP contribution in [0.15, 0.2) is 35.7 Å². The van der Waals surface area contributed by atoms with Crippen molar-refractivity contribution in [3.8, 4) is 5.75 Å². The lowest BCUT2D eigenvalue weighted by Crippen LogP contribution is -2.49. The Bertz CT molecular complexity index is 944. The first kappa shape index (κ1) is 22.7. The number of nitrogens with zero attached hydrogens (tertiary/aromatic N) is 2. The van der Waals surface area contributed by atoms with E-state index in [1.54, 1.807) is 46.3 Å². The Hall–Kier alpha value is -2.45. The van der Waals surface area contributed by atoms with Gasteiger partial charge in [-0.25, -0.2) is 4.39 Å². The lowest BCUT2D eigenvalue weighted by atomic mass is 10.0. The molecule has 8 heteroatoms. The van der Waals surface area contributed by atoms with E-state index in [0.717, 1.165) is 24.8 Å². The van der Waals surface area contributed by atoms with Crippen molar-refractivity contribution in [2.75, 3.05) is 32.8 Å². The number of fused-ring (bicyclic) bond motifs is 1. The van der Waals surface area contributed by atoms with Crippen LogP contribution >= 0.6 is 11.3 Å². The van der Waals surface area contributed by atoms with Crippen molar-refractivity contribution in [2.24, 2.45) is 0 Å². The molecule has 2 aliphatic rings. The van der Waals surface area contributed by atoms with Gasteiger partial charge >= 0.3 is 0 Å². The molecule has 1 aromatic carbocycles. The van der Waals surface area contributed by atoms with Gasteiger partial charge < -0.3 is 19.3 Å². The Balaban J connectivity index is 1.49. The van der Waals surface area contributed by atoms with E-state index in [0.29, 0.717) is 26.1 Å². The van der Waals surface area contributed by atoms with Crippen molar-refractivity contribution in [1.29, 1.82) is 0 Å². The van der Waals surface area contributed by atoms with E-state index in [2.05, 4.69) is 0 Å². The summed E-state index contributed by atoms with van der Waals surface area (Å²) in [5.74, 6) is -0.434. The smallest absolute Gasteiger partial charge is 0.242 e. The van der Waals surface area contributed by atoms with Gasteiger partial charge in [0.2, 0.25) is 11.8 Å². The minimum atomic E-state index is -0.428. The highest BCUT2D eigenvalue weighted by atomic mass is 32.1. The van der Waals surface area contributed by atoms with Crippen LogP contribution in [0.3, 0.4) is 0 Å². The van der Waals surface area contributed by atoms with E-state index in [-0.39, 0.29) is 42.9 Å². The van der Waals surface area contributed by atoms with E-state index in [9.17, 15) is 14.0 Å². The molecule has 32 heavy (non-hydrogen) atoms. The first-order valence-electron chi connectivity index (χ1n) is 11.2. The normalized spacial score (nSPS) is 20.1. The van der Waals surface area contributed by atoms with Crippen LogP contribution in [0.25, 0.3) is 0 Å². The molecule has 0 radical (unpaired) electrons. The van der Waals surface area contributed by atoms with E-state index >= 15 is 0 Å². The zero-order valence-corrected chi connectivity index (χ0v) is 19.1. The Kier molecular flexibility index (Phi) is 7.42. The predicted molar refractivity (Wildman–Crippen MR) is 120 cm³/mol. The highest BCUT2D eigenvalue weighted by molar-refractivity contribution is 7.10. The summed E-state index contributed by atoms with van der Waals surface area (Å²) in [7, 11) is 0. The van der Waals surface area contributed by atoms with Crippen molar-refractivity contribution < 1.29 is 23.5 Å². The molecule has 0 spiro atoms. The van der Waals surface area contributed by atoms with Crippen LogP contribution in [-0.4, -0.2) is 60.6 Å². The molecule has 2 aromatic rings. The largest absolute Gasteiger partial charge is 0.488 e. The minimum Gasteiger partial charge on any atom is -0.488 e. The quantitative estimate of drug-likeness (QED) is 0.601. The maximum atomic E-state index is 14.1. The molecule has 0 saturated carbocycles. The number of benzene rings is 1. The van der Waals surface area contributed by atoms with Crippen LogP contribution in [0.4, 0.5) is 4.39 Å². The molecule has 3 heterocycles. The average Bonchev–Trinajstić information content (AvgIpc) is 3.49. The van der Waals surface area contributed by atoms with Crippen LogP contribution < -0.4 is 4.74 Å². The number of hydrogen-bond donors (Lipinski definition) is 0. The first-order chi connectivity index (χ1) is 15.6. The molecule has 6 nitrogen and oxygen atoms in total. The van der Waals surface area contributed by atoms with Crippen molar-refractivity contribution >= 4 is 23.2 Å². The molecule has 2 atom stereocenters. The average molecular weight is 461 g/mol. The van der Waals surface area contributed by atoms with Crippen LogP contribution in [0.2, 0.25) is 0 Å². The predicted octanol–water partition coefficient (Wildman–Crippen LogP) is 3.81. The number of rotatable bonds is 8. The summed E-state index contributed by atoms with van der Waals surface area (Å²) in [5, 5.41) is 2.01. The van der Waals surface area contributed by atoms with Gasteiger partial charge in [-0.2, -0.15) is 0 Å². The third kappa shape index (κ3) is 5.13. The summed E-state index contributed by atoms with van der Waals surface area (Å²) >= 11 is 1.66. The monoisotopic (exact) mass is 460 g/mol. The summed E-state index contributed by atoms with van der Waals surface area (Å²) in [6, 6.07) is 7.96. The topological polar surface area (TPSA) is 59.1 Å². The molecule has 2 aliphatic heterocycles. The summed E-state index contributed by atoms with van der Waals surface area (Å²) in [6.45, 7) is 3.67. The lowest BCUT2D eigenvalue weighted by molar-refractivity contribution is -0.143. The molecule has 1 saturated heterocycles. The van der Waals surface area contributed by atoms with Crippen LogP contribution in [0.1, 0.15) is 42.7 Å². The number of carbonyl (C=O) groups excluding carboxylic acids is 2. The second-order valence-electron chi connectivity index (χ2n) is 8.16. The van der Waals surface area contributed by atoms with Crippen LogP contribution in [0.5, 0.6) is 5.75 Å². The number of halogens is 1. The minimum absolute atomic E-state index is 0.0108. The highest BCUT2D eigenvalue weighted by Gasteiger charge is 2.34. The molecule has 0 bridgehead atoms. The molecular formula is C24H29FN2O4S. The molecule has 4 rings (SSSR count). The van der Waals surface area contributed by atoms with E-state index in [4.69, 9.17) is 9.47 Å². The van der Waals surface area contributed by atoms with Gasteiger partial charge in [-0.1, -0.05) is 19.1 Å². The van der Waals surface area contributed by atoms with Gasteiger partial charge in [0.15, 0.2) is 11.6 Å². The highest BCUT2D eigenvalue weighted by Crippen LogP contribution is 2.34. The molecule has 1 aromatic heterocycles. The third-order valence-electron chi connectivity index (χ3n) is 6.08. The number of ether oxygens (including phenoxy) is 2. The second kappa shape index (κ2) is 10.4. The fraction of sp³-hybridized carbons (Fsp3) is 0.500. The van der Waals surface area contributed by atoms with Crippen molar-refractivity contribution in [3.63, 3.8) is 0 Å².